The lowest BCUT2D eigenvalue weighted by molar-refractivity contribution is -0.442. The second-order valence-electron chi connectivity index (χ2n) is 7.55. The molecule has 36 heavy (non-hydrogen) atoms. The summed E-state index contributed by atoms with van der Waals surface area (Å²) >= 11 is 0. The third kappa shape index (κ3) is 3.70. The number of hydrogen-bond acceptors (Lipinski definition) is 2. The van der Waals surface area contributed by atoms with Crippen LogP contribution in [0.15, 0.2) is 54.7 Å². The Kier molecular flexibility index (Phi) is 6.17. The lowest BCUT2D eigenvalue weighted by atomic mass is 9.91. The van der Waals surface area contributed by atoms with Gasteiger partial charge in [-0.1, -0.05) is 30.3 Å². The molecule has 0 aliphatic carbocycles. The number of nitrogens with zero attached hydrogens (tertiary/aromatic N) is 1. The molecule has 0 amide bonds. The topological polar surface area (TPSA) is 38.9 Å². The lowest BCUT2D eigenvalue weighted by Crippen LogP contribution is -2.69. The average molecular weight is 538 g/mol. The molecule has 0 fully saturated rings. The monoisotopic (exact) mass is 538 g/mol. The summed E-state index contributed by atoms with van der Waals surface area (Å²) in [6.07, 6.45) is -7.07. The Balaban J connectivity index is 2.15. The number of halogens is 13. The molecule has 15 heteroatoms. The molecule has 3 rings (SSSR count). The molecular weight excluding hydrogens is 527 g/mol. The standard InChI is InChI=1S/C21H11F13N2/c22-16(23,17(24,25)18(26,27)19(28,29)20(30,31)21(32,33)34)15-9-10(7-8-36-15)11-5-6-14(35)13-4-2-1-3-12(11)13/h1-9H,35H2. The van der Waals surface area contributed by atoms with Crippen molar-refractivity contribution in [2.75, 3.05) is 5.73 Å². The van der Waals surface area contributed by atoms with E-state index in [0.717, 1.165) is 6.07 Å². The molecule has 0 bridgehead atoms. The zero-order valence-corrected chi connectivity index (χ0v) is 17.1. The van der Waals surface area contributed by atoms with Crippen molar-refractivity contribution in [1.82, 2.24) is 4.98 Å². The van der Waals surface area contributed by atoms with Crippen molar-refractivity contribution in [3.63, 3.8) is 0 Å². The maximum Gasteiger partial charge on any atom is 0.460 e. The number of pyridine rings is 1. The van der Waals surface area contributed by atoms with Crippen LogP contribution in [0.3, 0.4) is 0 Å². The van der Waals surface area contributed by atoms with Gasteiger partial charge >= 0.3 is 35.8 Å². The number of nitrogens with two attached hydrogens (primary N) is 1. The molecule has 1 heterocycles. The van der Waals surface area contributed by atoms with E-state index in [1.165, 1.54) is 36.4 Å². The van der Waals surface area contributed by atoms with Gasteiger partial charge in [0.1, 0.15) is 5.69 Å². The summed E-state index contributed by atoms with van der Waals surface area (Å²) in [6, 6.07) is 9.44. The van der Waals surface area contributed by atoms with Gasteiger partial charge in [0, 0.05) is 17.3 Å². The summed E-state index contributed by atoms with van der Waals surface area (Å²) in [6.45, 7) is 0. The summed E-state index contributed by atoms with van der Waals surface area (Å²) in [7, 11) is 0. The molecule has 3 aromatic rings. The molecule has 0 saturated heterocycles. The van der Waals surface area contributed by atoms with Gasteiger partial charge in [-0.05, 0) is 34.7 Å². The largest absolute Gasteiger partial charge is 0.460 e. The number of rotatable bonds is 6. The Labute approximate surface area is 192 Å². The van der Waals surface area contributed by atoms with E-state index in [4.69, 9.17) is 5.73 Å². The van der Waals surface area contributed by atoms with Crippen molar-refractivity contribution in [3.8, 4) is 11.1 Å². The third-order valence-electron chi connectivity index (χ3n) is 5.28. The second kappa shape index (κ2) is 8.13. The van der Waals surface area contributed by atoms with E-state index in [9.17, 15) is 57.1 Å². The molecule has 0 aliphatic rings. The number of alkyl halides is 13. The second-order valence-corrected chi connectivity index (χ2v) is 7.55. The Bertz CT molecular complexity index is 1280. The van der Waals surface area contributed by atoms with Gasteiger partial charge in [-0.2, -0.15) is 57.1 Å². The SMILES string of the molecule is Nc1ccc(-c2ccnc(C(F)(F)C(F)(F)C(F)(F)C(F)(F)C(F)(F)C(F)(F)F)c2)c2ccccc12. The molecule has 0 saturated carbocycles. The third-order valence-corrected chi connectivity index (χ3v) is 5.28. The van der Waals surface area contributed by atoms with Crippen LogP contribution in [0, 0.1) is 0 Å². The van der Waals surface area contributed by atoms with Crippen LogP contribution in [0.2, 0.25) is 0 Å². The van der Waals surface area contributed by atoms with E-state index in [2.05, 4.69) is 4.98 Å². The minimum atomic E-state index is -7.98. The minimum absolute atomic E-state index is 0.0169. The highest BCUT2D eigenvalue weighted by Crippen LogP contribution is 2.62. The fourth-order valence-electron chi connectivity index (χ4n) is 3.27. The van der Waals surface area contributed by atoms with Gasteiger partial charge in [0.2, 0.25) is 0 Å². The summed E-state index contributed by atoms with van der Waals surface area (Å²) in [5, 5.41) is 0.609. The molecule has 1 aromatic heterocycles. The first-order valence-corrected chi connectivity index (χ1v) is 9.41. The highest BCUT2D eigenvalue weighted by atomic mass is 19.4. The highest BCUT2D eigenvalue weighted by Gasteiger charge is 2.91. The van der Waals surface area contributed by atoms with E-state index in [1.807, 2.05) is 0 Å². The van der Waals surface area contributed by atoms with Crippen LogP contribution < -0.4 is 5.73 Å². The van der Waals surface area contributed by atoms with Crippen LogP contribution in [-0.4, -0.2) is 34.9 Å². The predicted octanol–water partition coefficient (Wildman–Crippen LogP) is 7.68. The van der Waals surface area contributed by atoms with Gasteiger partial charge in [0.25, 0.3) is 0 Å². The van der Waals surface area contributed by atoms with E-state index < -0.39 is 41.5 Å². The Morgan fingerprint density at radius 1 is 0.583 bits per heavy atom. The van der Waals surface area contributed by atoms with Crippen LogP contribution in [0.25, 0.3) is 21.9 Å². The molecule has 0 aliphatic heterocycles. The normalized spacial score (nSPS) is 14.4. The minimum Gasteiger partial charge on any atom is -0.398 e. The molecule has 0 spiro atoms. The summed E-state index contributed by atoms with van der Waals surface area (Å²) in [5.41, 5.74) is 3.32. The van der Waals surface area contributed by atoms with Gasteiger partial charge in [-0.3, -0.25) is 4.98 Å². The van der Waals surface area contributed by atoms with E-state index >= 15 is 0 Å². The first-order chi connectivity index (χ1) is 16.2. The van der Waals surface area contributed by atoms with Crippen molar-refractivity contribution in [3.05, 3.63) is 60.4 Å². The molecule has 0 radical (unpaired) electrons. The molecule has 0 atom stereocenters. The number of anilines is 1. The molecule has 196 valence electrons. The van der Waals surface area contributed by atoms with Crippen molar-refractivity contribution in [1.29, 1.82) is 0 Å². The predicted molar refractivity (Wildman–Crippen MR) is 101 cm³/mol. The first kappa shape index (κ1) is 27.3. The Morgan fingerprint density at radius 2 is 1.11 bits per heavy atom. The fourth-order valence-corrected chi connectivity index (χ4v) is 3.27. The van der Waals surface area contributed by atoms with E-state index in [1.54, 1.807) is 0 Å². The average Bonchev–Trinajstić information content (AvgIpc) is 2.78. The number of hydrogen-bond donors (Lipinski definition) is 1. The summed E-state index contributed by atoms with van der Waals surface area (Å²) in [5.74, 6) is -37.6. The number of nitrogen functional groups attached to an aromatic ring is 1. The Morgan fingerprint density at radius 3 is 1.67 bits per heavy atom. The fraction of sp³-hybridized carbons (Fsp3) is 0.286. The van der Waals surface area contributed by atoms with E-state index in [-0.39, 0.29) is 28.3 Å². The van der Waals surface area contributed by atoms with Crippen LogP contribution in [0.1, 0.15) is 5.69 Å². The van der Waals surface area contributed by atoms with Crippen LogP contribution in [0.5, 0.6) is 0 Å². The first-order valence-electron chi connectivity index (χ1n) is 9.41. The van der Waals surface area contributed by atoms with Gasteiger partial charge in [0.15, 0.2) is 0 Å². The van der Waals surface area contributed by atoms with Crippen molar-refractivity contribution in [2.45, 2.75) is 35.8 Å². The quantitative estimate of drug-likeness (QED) is 0.258. The lowest BCUT2D eigenvalue weighted by Gasteiger charge is -2.39. The zero-order chi connectivity index (χ0) is 27.5. The van der Waals surface area contributed by atoms with Crippen molar-refractivity contribution in [2.24, 2.45) is 0 Å². The van der Waals surface area contributed by atoms with Gasteiger partial charge in [-0.15, -0.1) is 0 Å². The molecule has 2 aromatic carbocycles. The zero-order valence-electron chi connectivity index (χ0n) is 17.1. The van der Waals surface area contributed by atoms with Crippen molar-refractivity contribution >= 4 is 16.5 Å². The Hall–Kier alpha value is -3.26. The number of benzene rings is 2. The summed E-state index contributed by atoms with van der Waals surface area (Å²) in [4.78, 5) is 2.76. The van der Waals surface area contributed by atoms with Gasteiger partial charge in [-0.25, -0.2) is 0 Å². The molecule has 0 unspecified atom stereocenters. The van der Waals surface area contributed by atoms with Crippen LogP contribution in [-0.2, 0) is 5.92 Å². The molecule has 2 nitrogen and oxygen atoms in total. The van der Waals surface area contributed by atoms with Crippen molar-refractivity contribution < 1.29 is 57.1 Å². The van der Waals surface area contributed by atoms with E-state index in [0.29, 0.717) is 11.6 Å². The molecule has 2 N–H and O–H groups in total. The van der Waals surface area contributed by atoms with Gasteiger partial charge in [0.05, 0.1) is 0 Å². The van der Waals surface area contributed by atoms with Gasteiger partial charge < -0.3 is 5.73 Å². The van der Waals surface area contributed by atoms with Crippen LogP contribution >= 0.6 is 0 Å². The maximum atomic E-state index is 14.5. The number of aromatic nitrogens is 1. The summed E-state index contributed by atoms with van der Waals surface area (Å²) < 4.78 is 175. The highest BCUT2D eigenvalue weighted by molar-refractivity contribution is 6.02. The molecular formula is C21H11F13N2. The van der Waals surface area contributed by atoms with Crippen LogP contribution in [0.4, 0.5) is 62.8 Å². The number of fused-ring (bicyclic) bond motifs is 1. The maximum absolute atomic E-state index is 14.5. The smallest absolute Gasteiger partial charge is 0.398 e.